The molecular formula is C9H15N3. The van der Waals surface area contributed by atoms with Gasteiger partial charge in [-0.2, -0.15) is 0 Å². The number of aromatic nitrogens is 2. The summed E-state index contributed by atoms with van der Waals surface area (Å²) in [7, 11) is 0. The second kappa shape index (κ2) is 4.72. The van der Waals surface area contributed by atoms with Gasteiger partial charge in [0.25, 0.3) is 0 Å². The molecule has 1 aromatic rings. The molecular weight excluding hydrogens is 150 g/mol. The second-order valence-corrected chi connectivity index (χ2v) is 2.56. The molecule has 0 aromatic carbocycles. The molecule has 66 valence electrons. The number of hydrogen-bond acceptors (Lipinski definition) is 2. The smallest absolute Gasteiger partial charge is 0.108 e. The summed E-state index contributed by atoms with van der Waals surface area (Å²) in [5.74, 6) is 1.12. The topological polar surface area (TPSA) is 43.8 Å². The van der Waals surface area contributed by atoms with Crippen LogP contribution < -0.4 is 5.73 Å². The van der Waals surface area contributed by atoms with Crippen molar-refractivity contribution in [2.45, 2.75) is 19.9 Å². The molecule has 1 aromatic heterocycles. The minimum atomic E-state index is 0.607. The Kier molecular flexibility index (Phi) is 3.54. The Hall–Kier alpha value is -1.09. The number of nitrogens with zero attached hydrogens (tertiary/aromatic N) is 2. The molecule has 0 aliphatic rings. The summed E-state index contributed by atoms with van der Waals surface area (Å²) in [6.45, 7) is 3.59. The van der Waals surface area contributed by atoms with E-state index in [-0.39, 0.29) is 0 Å². The lowest BCUT2D eigenvalue weighted by Gasteiger charge is -2.00. The van der Waals surface area contributed by atoms with Crippen molar-refractivity contribution >= 4 is 0 Å². The third-order valence-electron chi connectivity index (χ3n) is 1.72. The van der Waals surface area contributed by atoms with Crippen LogP contribution in [0.15, 0.2) is 24.5 Å². The first-order valence-electron chi connectivity index (χ1n) is 4.23. The van der Waals surface area contributed by atoms with Crippen molar-refractivity contribution in [3.05, 3.63) is 30.4 Å². The van der Waals surface area contributed by atoms with Crippen molar-refractivity contribution < 1.29 is 0 Å². The Bertz CT molecular complexity index is 250. The van der Waals surface area contributed by atoms with Gasteiger partial charge in [0.2, 0.25) is 0 Å². The van der Waals surface area contributed by atoms with Gasteiger partial charge < -0.3 is 10.3 Å². The van der Waals surface area contributed by atoms with Crippen molar-refractivity contribution in [2.24, 2.45) is 5.73 Å². The summed E-state index contributed by atoms with van der Waals surface area (Å²) in [5, 5.41) is 0. The average Bonchev–Trinajstić information content (AvgIpc) is 2.52. The summed E-state index contributed by atoms with van der Waals surface area (Å²) in [5.41, 5.74) is 5.33. The lowest BCUT2D eigenvalue weighted by Crippen LogP contribution is -2.00. The van der Waals surface area contributed by atoms with E-state index >= 15 is 0 Å². The van der Waals surface area contributed by atoms with Crippen LogP contribution in [0.1, 0.15) is 12.7 Å². The molecule has 0 spiro atoms. The highest BCUT2D eigenvalue weighted by atomic mass is 15.0. The van der Waals surface area contributed by atoms with E-state index in [0.29, 0.717) is 6.54 Å². The van der Waals surface area contributed by atoms with Gasteiger partial charge in [-0.3, -0.25) is 0 Å². The zero-order chi connectivity index (χ0) is 8.81. The molecule has 0 amide bonds. The summed E-state index contributed by atoms with van der Waals surface area (Å²) in [6, 6.07) is 0. The van der Waals surface area contributed by atoms with Crippen LogP contribution in [0.5, 0.6) is 0 Å². The first kappa shape index (κ1) is 9.00. The minimum absolute atomic E-state index is 0.607. The highest BCUT2D eigenvalue weighted by Crippen LogP contribution is 1.98. The Morgan fingerprint density at radius 2 is 2.42 bits per heavy atom. The number of imidazole rings is 1. The van der Waals surface area contributed by atoms with E-state index in [9.17, 15) is 0 Å². The van der Waals surface area contributed by atoms with Crippen LogP contribution in [0.3, 0.4) is 0 Å². The predicted octanol–water partition coefficient (Wildman–Crippen LogP) is 0.960. The quantitative estimate of drug-likeness (QED) is 0.675. The summed E-state index contributed by atoms with van der Waals surface area (Å²) >= 11 is 0. The lowest BCUT2D eigenvalue weighted by atomic mass is 10.4. The maximum Gasteiger partial charge on any atom is 0.108 e. The van der Waals surface area contributed by atoms with Gasteiger partial charge in [0.05, 0.1) is 0 Å². The van der Waals surface area contributed by atoms with Gasteiger partial charge in [-0.15, -0.1) is 0 Å². The highest BCUT2D eigenvalue weighted by Gasteiger charge is 1.95. The maximum absolute atomic E-state index is 5.33. The molecule has 0 radical (unpaired) electrons. The van der Waals surface area contributed by atoms with E-state index in [1.54, 1.807) is 0 Å². The van der Waals surface area contributed by atoms with Crippen molar-refractivity contribution in [3.8, 4) is 0 Å². The van der Waals surface area contributed by atoms with Gasteiger partial charge >= 0.3 is 0 Å². The van der Waals surface area contributed by atoms with Crippen LogP contribution in [-0.4, -0.2) is 16.1 Å². The van der Waals surface area contributed by atoms with E-state index in [0.717, 1.165) is 18.8 Å². The number of nitrogens with two attached hydrogens (primary N) is 1. The van der Waals surface area contributed by atoms with E-state index in [2.05, 4.69) is 22.6 Å². The molecule has 1 rings (SSSR count). The van der Waals surface area contributed by atoms with Crippen molar-refractivity contribution in [1.29, 1.82) is 0 Å². The standard InChI is InChI=1S/C9H15N3/c1-2-9-11-6-8-12(9)7-4-3-5-10/h3-4,6,8H,2,5,7,10H2,1H3. The SMILES string of the molecule is CCc1nccn1CC=CCN. The molecule has 0 atom stereocenters. The van der Waals surface area contributed by atoms with Crippen LogP contribution in [0.25, 0.3) is 0 Å². The van der Waals surface area contributed by atoms with Gasteiger partial charge in [-0.05, 0) is 0 Å². The van der Waals surface area contributed by atoms with Gasteiger partial charge in [0.1, 0.15) is 5.82 Å². The van der Waals surface area contributed by atoms with Crippen LogP contribution in [0.4, 0.5) is 0 Å². The third kappa shape index (κ3) is 2.20. The van der Waals surface area contributed by atoms with E-state index in [1.165, 1.54) is 0 Å². The number of hydrogen-bond donors (Lipinski definition) is 1. The van der Waals surface area contributed by atoms with Crippen LogP contribution in [0.2, 0.25) is 0 Å². The molecule has 0 aliphatic heterocycles. The molecule has 0 unspecified atom stereocenters. The first-order chi connectivity index (χ1) is 5.88. The fraction of sp³-hybridized carbons (Fsp3) is 0.444. The molecule has 0 saturated carbocycles. The lowest BCUT2D eigenvalue weighted by molar-refractivity contribution is 0.746. The minimum Gasteiger partial charge on any atom is -0.331 e. The normalized spacial score (nSPS) is 11.2. The molecule has 0 saturated heterocycles. The number of allylic oxidation sites excluding steroid dienone is 1. The number of rotatable bonds is 4. The van der Waals surface area contributed by atoms with Gasteiger partial charge in [-0.1, -0.05) is 19.1 Å². The Morgan fingerprint density at radius 3 is 3.08 bits per heavy atom. The predicted molar refractivity (Wildman–Crippen MR) is 49.8 cm³/mol. The molecule has 3 nitrogen and oxygen atoms in total. The van der Waals surface area contributed by atoms with Crippen molar-refractivity contribution in [1.82, 2.24) is 9.55 Å². The maximum atomic E-state index is 5.33. The van der Waals surface area contributed by atoms with Crippen LogP contribution >= 0.6 is 0 Å². The molecule has 2 N–H and O–H groups in total. The highest BCUT2D eigenvalue weighted by molar-refractivity contribution is 4.95. The fourth-order valence-corrected chi connectivity index (χ4v) is 1.10. The first-order valence-corrected chi connectivity index (χ1v) is 4.23. The largest absolute Gasteiger partial charge is 0.331 e. The molecule has 0 bridgehead atoms. The van der Waals surface area contributed by atoms with Gasteiger partial charge in [-0.25, -0.2) is 4.98 Å². The van der Waals surface area contributed by atoms with Crippen LogP contribution in [-0.2, 0) is 13.0 Å². The zero-order valence-electron chi connectivity index (χ0n) is 7.40. The average molecular weight is 165 g/mol. The summed E-state index contributed by atoms with van der Waals surface area (Å²) in [6.07, 6.45) is 8.80. The van der Waals surface area contributed by atoms with E-state index in [4.69, 9.17) is 5.73 Å². The Labute approximate surface area is 72.9 Å². The summed E-state index contributed by atoms with van der Waals surface area (Å²) in [4.78, 5) is 4.21. The molecule has 3 heteroatoms. The summed E-state index contributed by atoms with van der Waals surface area (Å²) < 4.78 is 2.12. The third-order valence-corrected chi connectivity index (χ3v) is 1.72. The number of aryl methyl sites for hydroxylation is 1. The van der Waals surface area contributed by atoms with E-state index in [1.807, 2.05) is 18.5 Å². The zero-order valence-corrected chi connectivity index (χ0v) is 7.40. The Morgan fingerprint density at radius 1 is 1.58 bits per heavy atom. The van der Waals surface area contributed by atoms with Crippen LogP contribution in [0, 0.1) is 0 Å². The molecule has 12 heavy (non-hydrogen) atoms. The van der Waals surface area contributed by atoms with Crippen molar-refractivity contribution in [3.63, 3.8) is 0 Å². The fourth-order valence-electron chi connectivity index (χ4n) is 1.10. The molecule has 1 heterocycles. The second-order valence-electron chi connectivity index (χ2n) is 2.56. The van der Waals surface area contributed by atoms with E-state index < -0.39 is 0 Å². The molecule has 0 fully saturated rings. The monoisotopic (exact) mass is 165 g/mol. The van der Waals surface area contributed by atoms with Gasteiger partial charge in [0, 0.05) is 31.9 Å². The Balaban J connectivity index is 2.56. The van der Waals surface area contributed by atoms with Gasteiger partial charge in [0.15, 0.2) is 0 Å². The molecule has 0 aliphatic carbocycles. The van der Waals surface area contributed by atoms with Crippen molar-refractivity contribution in [2.75, 3.05) is 6.54 Å².